The molecule has 240 valence electrons. The normalized spacial score (nSPS) is 11.5. The van der Waals surface area contributed by atoms with Gasteiger partial charge < -0.3 is 4.90 Å². The maximum Gasteiger partial charge on any atom is 0.200 e. The first-order valence-corrected chi connectivity index (χ1v) is 12.1. The highest BCUT2D eigenvalue weighted by molar-refractivity contribution is 7.15. The largest absolute Gasteiger partial charge is 0.307 e. The Morgan fingerprint density at radius 1 is 0.422 bits per heavy atom. The molecular formula is C28H15BF15N. The molecule has 0 spiro atoms. The molecule has 1 nitrogen and oxygen atoms in total. The molecule has 0 bridgehead atoms. The lowest BCUT2D eigenvalue weighted by Crippen LogP contribution is -3.00. The summed E-state index contributed by atoms with van der Waals surface area (Å²) in [6.07, 6.45) is -5.64. The van der Waals surface area contributed by atoms with Crippen LogP contribution in [0.2, 0.25) is 0 Å². The van der Waals surface area contributed by atoms with Crippen molar-refractivity contribution in [2.75, 3.05) is 14.1 Å². The molecule has 0 heterocycles. The van der Waals surface area contributed by atoms with Gasteiger partial charge in [-0.2, -0.15) is 0 Å². The summed E-state index contributed by atoms with van der Waals surface area (Å²) in [5, 5.41) is 0. The Kier molecular flexibility index (Phi) is 10.1. The zero-order valence-corrected chi connectivity index (χ0v) is 22.4. The maximum absolute atomic E-state index is 14.8. The Hall–Kier alpha value is -4.41. The van der Waals surface area contributed by atoms with Crippen molar-refractivity contribution in [1.29, 1.82) is 0 Å². The summed E-state index contributed by atoms with van der Waals surface area (Å²) in [6, 6.07) is 10.4. The second-order valence-corrected chi connectivity index (χ2v) is 9.49. The van der Waals surface area contributed by atoms with Crippen LogP contribution in [-0.4, -0.2) is 20.2 Å². The van der Waals surface area contributed by atoms with Gasteiger partial charge in [-0.15, -0.1) is 23.0 Å². The standard InChI is InChI=1S/C20H3BF15.C8H11N/c1-2-21(3-6(22)12(28)18(34)13(29)7(3)23,4-8(24)14(30)19(35)15(31)9(4)25)5-10(26)16(32)20(36)17(33)11(5)27;1-9(2)8-6-4-3-5-7-8/h2H,1H2;3-7H,1-2H3/q-1;/p+1. The average Bonchev–Trinajstić information content (AvgIpc) is 3.03. The van der Waals surface area contributed by atoms with Gasteiger partial charge in [0.2, 0.25) is 0 Å². The van der Waals surface area contributed by atoms with E-state index >= 15 is 0 Å². The minimum absolute atomic E-state index is 0.463. The van der Waals surface area contributed by atoms with Crippen LogP contribution < -0.4 is 21.3 Å². The van der Waals surface area contributed by atoms with Crippen LogP contribution in [0.4, 0.5) is 71.5 Å². The molecule has 0 aliphatic heterocycles. The van der Waals surface area contributed by atoms with Gasteiger partial charge in [0.05, 0.1) is 14.1 Å². The van der Waals surface area contributed by atoms with E-state index in [1.54, 1.807) is 0 Å². The van der Waals surface area contributed by atoms with E-state index in [1.807, 2.05) is 6.07 Å². The zero-order chi connectivity index (χ0) is 34.3. The fraction of sp³-hybridized carbons (Fsp3) is 0.0714. The van der Waals surface area contributed by atoms with Gasteiger partial charge in [0.25, 0.3) is 0 Å². The smallest absolute Gasteiger partial charge is 0.200 e. The first-order valence-electron chi connectivity index (χ1n) is 12.1. The number of rotatable bonds is 5. The Balaban J connectivity index is 0.000000525. The lowest BCUT2D eigenvalue weighted by atomic mass is 9.15. The van der Waals surface area contributed by atoms with Crippen LogP contribution in [0.15, 0.2) is 42.9 Å². The number of hydrogen-bond acceptors (Lipinski definition) is 0. The maximum atomic E-state index is 14.8. The van der Waals surface area contributed by atoms with Gasteiger partial charge in [0.1, 0.15) is 46.7 Å². The molecule has 0 aromatic heterocycles. The molecule has 4 aromatic carbocycles. The van der Waals surface area contributed by atoms with Gasteiger partial charge in [-0.25, -0.2) is 71.8 Å². The molecule has 0 atom stereocenters. The second kappa shape index (κ2) is 12.9. The van der Waals surface area contributed by atoms with E-state index in [0.29, 0.717) is 0 Å². The van der Waals surface area contributed by atoms with Crippen molar-refractivity contribution in [2.24, 2.45) is 0 Å². The molecule has 0 aliphatic rings. The SMILES string of the molecule is C=C[B-](c1c(F)c(F)c(F)c(F)c1F)(c1c(F)c(F)c(F)c(F)c1F)c1c(F)c(F)c(F)c(F)c1F.C[NH+](C)c1ccccc1. The molecule has 0 amide bonds. The van der Waals surface area contributed by atoms with Gasteiger partial charge >= 0.3 is 0 Å². The van der Waals surface area contributed by atoms with Crippen LogP contribution >= 0.6 is 0 Å². The van der Waals surface area contributed by atoms with Crippen LogP contribution in [0.1, 0.15) is 0 Å². The van der Waals surface area contributed by atoms with E-state index in [2.05, 4.69) is 44.9 Å². The number of quaternary nitrogens is 1. The van der Waals surface area contributed by atoms with E-state index < -0.39 is 116 Å². The molecular weight excluding hydrogens is 646 g/mol. The number of benzene rings is 4. The van der Waals surface area contributed by atoms with Crippen molar-refractivity contribution in [2.45, 2.75) is 0 Å². The van der Waals surface area contributed by atoms with E-state index in [4.69, 9.17) is 0 Å². The van der Waals surface area contributed by atoms with Gasteiger partial charge in [-0.1, -0.05) is 18.2 Å². The van der Waals surface area contributed by atoms with E-state index in [1.165, 1.54) is 10.6 Å². The zero-order valence-electron chi connectivity index (χ0n) is 22.4. The van der Waals surface area contributed by atoms with Crippen molar-refractivity contribution in [1.82, 2.24) is 0 Å². The number of halogens is 15. The minimum atomic E-state index is -5.64. The number of nitrogens with one attached hydrogen (secondary N) is 1. The molecule has 0 unspecified atom stereocenters. The summed E-state index contributed by atoms with van der Waals surface area (Å²) in [6.45, 7) is 2.67. The van der Waals surface area contributed by atoms with Gasteiger partial charge in [0, 0.05) is 0 Å². The van der Waals surface area contributed by atoms with E-state index in [-0.39, 0.29) is 0 Å². The lowest BCUT2D eigenvalue weighted by Gasteiger charge is -2.41. The lowest BCUT2D eigenvalue weighted by molar-refractivity contribution is -0.786. The van der Waals surface area contributed by atoms with Crippen molar-refractivity contribution in [3.8, 4) is 0 Å². The summed E-state index contributed by atoms with van der Waals surface area (Å²) in [5.74, 6) is -46.2. The summed E-state index contributed by atoms with van der Waals surface area (Å²) in [5.41, 5.74) is -6.81. The van der Waals surface area contributed by atoms with E-state index in [0.717, 1.165) is 0 Å². The number of para-hydroxylation sites is 1. The first kappa shape index (κ1) is 35.1. The minimum Gasteiger partial charge on any atom is -0.307 e. The quantitative estimate of drug-likeness (QED) is 0.126. The van der Waals surface area contributed by atoms with Gasteiger partial charge in [-0.05, 0) is 12.1 Å². The number of hydrogen-bond donors (Lipinski definition) is 1. The molecule has 0 saturated carbocycles. The predicted octanol–water partition coefficient (Wildman–Crippen LogP) is 5.43. The highest BCUT2D eigenvalue weighted by Gasteiger charge is 2.46. The molecule has 17 heteroatoms. The molecule has 0 fully saturated rings. The van der Waals surface area contributed by atoms with Crippen LogP contribution in [0.25, 0.3) is 0 Å². The van der Waals surface area contributed by atoms with Crippen molar-refractivity contribution in [3.05, 3.63) is 130 Å². The van der Waals surface area contributed by atoms with Crippen LogP contribution in [-0.2, 0) is 0 Å². The highest BCUT2D eigenvalue weighted by atomic mass is 19.2. The average molecular weight is 661 g/mol. The Morgan fingerprint density at radius 2 is 0.644 bits per heavy atom. The van der Waals surface area contributed by atoms with Crippen LogP contribution in [0.5, 0.6) is 0 Å². The topological polar surface area (TPSA) is 4.44 Å². The fourth-order valence-electron chi connectivity index (χ4n) is 4.62. The molecule has 4 aromatic rings. The summed E-state index contributed by atoms with van der Waals surface area (Å²) in [4.78, 5) is 1.37. The summed E-state index contributed by atoms with van der Waals surface area (Å²) < 4.78 is 213. The van der Waals surface area contributed by atoms with Gasteiger partial charge in [-0.3, -0.25) is 0 Å². The van der Waals surface area contributed by atoms with Crippen molar-refractivity contribution >= 4 is 28.2 Å². The first-order chi connectivity index (χ1) is 20.9. The second-order valence-electron chi connectivity index (χ2n) is 9.49. The van der Waals surface area contributed by atoms with Gasteiger partial charge in [0.15, 0.2) is 52.4 Å². The molecule has 0 saturated heterocycles. The van der Waals surface area contributed by atoms with Crippen LogP contribution in [0, 0.1) is 87.3 Å². The monoisotopic (exact) mass is 661 g/mol. The fourth-order valence-corrected chi connectivity index (χ4v) is 4.62. The molecule has 0 aliphatic carbocycles. The van der Waals surface area contributed by atoms with Crippen molar-refractivity contribution in [3.63, 3.8) is 0 Å². The molecule has 45 heavy (non-hydrogen) atoms. The Bertz CT molecular complexity index is 1550. The third kappa shape index (κ3) is 5.53. The molecule has 1 N–H and O–H groups in total. The summed E-state index contributed by atoms with van der Waals surface area (Å²) in [7, 11) is 4.24. The summed E-state index contributed by atoms with van der Waals surface area (Å²) >= 11 is 0. The highest BCUT2D eigenvalue weighted by Crippen LogP contribution is 2.28. The Morgan fingerprint density at radius 3 is 0.822 bits per heavy atom. The Labute approximate surface area is 243 Å². The third-order valence-corrected chi connectivity index (χ3v) is 6.80. The van der Waals surface area contributed by atoms with Crippen molar-refractivity contribution < 1.29 is 70.8 Å². The predicted molar refractivity (Wildman–Crippen MR) is 132 cm³/mol. The molecule has 0 radical (unpaired) electrons. The molecule has 4 rings (SSSR count). The van der Waals surface area contributed by atoms with E-state index in [9.17, 15) is 65.9 Å². The third-order valence-electron chi connectivity index (χ3n) is 6.80. The van der Waals surface area contributed by atoms with Crippen LogP contribution in [0.3, 0.4) is 0 Å².